The van der Waals surface area contributed by atoms with E-state index < -0.39 is 0 Å². The van der Waals surface area contributed by atoms with E-state index in [1.54, 1.807) is 24.4 Å². The third-order valence-electron chi connectivity index (χ3n) is 5.63. The van der Waals surface area contributed by atoms with Crippen LogP contribution in [0, 0.1) is 0 Å². The van der Waals surface area contributed by atoms with E-state index in [1.807, 2.05) is 59.5 Å². The number of amides is 1. The van der Waals surface area contributed by atoms with Gasteiger partial charge in [-0.25, -0.2) is 0 Å². The summed E-state index contributed by atoms with van der Waals surface area (Å²) in [6.07, 6.45) is 7.71. The summed E-state index contributed by atoms with van der Waals surface area (Å²) < 4.78 is 7.30. The molecule has 1 aliphatic rings. The Balaban J connectivity index is 1.57. The van der Waals surface area contributed by atoms with E-state index in [2.05, 4.69) is 0 Å². The van der Waals surface area contributed by atoms with Crippen LogP contribution in [-0.2, 0) is 11.4 Å². The van der Waals surface area contributed by atoms with Crippen molar-refractivity contribution in [2.75, 3.05) is 13.1 Å². The summed E-state index contributed by atoms with van der Waals surface area (Å²) in [5.41, 5.74) is 2.09. The summed E-state index contributed by atoms with van der Waals surface area (Å²) >= 11 is 0. The first-order valence-corrected chi connectivity index (χ1v) is 11.2. The molecule has 2 aromatic carbocycles. The molecule has 4 rings (SSSR count). The van der Waals surface area contributed by atoms with Gasteiger partial charge in [0.25, 0.3) is 11.5 Å². The van der Waals surface area contributed by atoms with Crippen molar-refractivity contribution in [1.29, 1.82) is 0 Å². The second-order valence-corrected chi connectivity index (χ2v) is 7.99. The van der Waals surface area contributed by atoms with Gasteiger partial charge in [0.2, 0.25) is 0 Å². The highest BCUT2D eigenvalue weighted by Gasteiger charge is 2.21. The molecule has 1 aliphatic heterocycles. The van der Waals surface area contributed by atoms with E-state index in [9.17, 15) is 9.59 Å². The first-order valence-electron chi connectivity index (χ1n) is 11.2. The van der Waals surface area contributed by atoms with Crippen molar-refractivity contribution in [2.24, 2.45) is 0 Å². The molecule has 5 nitrogen and oxygen atoms in total. The quantitative estimate of drug-likeness (QED) is 0.529. The molecule has 5 heteroatoms. The Kier molecular flexibility index (Phi) is 7.18. The third kappa shape index (κ3) is 5.55. The number of benzene rings is 2. The number of hydrogen-bond donors (Lipinski definition) is 0. The van der Waals surface area contributed by atoms with E-state index in [1.165, 1.54) is 10.6 Å². The van der Waals surface area contributed by atoms with Crippen molar-refractivity contribution in [3.63, 3.8) is 0 Å². The van der Waals surface area contributed by atoms with Crippen LogP contribution in [-0.4, -0.2) is 28.5 Å². The van der Waals surface area contributed by atoms with Gasteiger partial charge < -0.3 is 9.64 Å². The molecule has 0 unspecified atom stereocenters. The molecule has 0 N–H and O–H groups in total. The standard InChI is InChI=1S/C27H28N2O3/c30-26-12-6-9-19-29(26)25(27(31)28-17-7-1-2-8-18-28)20-22-13-15-24(16-14-22)32-21-23-10-4-3-5-11-23/h3-6,9-16,19-20H,1-2,7-8,17-18,21H2. The second-order valence-electron chi connectivity index (χ2n) is 7.99. The van der Waals surface area contributed by atoms with E-state index in [0.29, 0.717) is 12.3 Å². The Hall–Kier alpha value is -3.60. The molecule has 32 heavy (non-hydrogen) atoms. The molecular weight excluding hydrogens is 400 g/mol. The SMILES string of the molecule is O=C(C(=Cc1ccc(OCc2ccccc2)cc1)n1ccccc1=O)N1CCCCCC1. The molecule has 1 amide bonds. The lowest BCUT2D eigenvalue weighted by atomic mass is 10.1. The minimum absolute atomic E-state index is 0.107. The highest BCUT2D eigenvalue weighted by molar-refractivity contribution is 6.18. The molecule has 1 fully saturated rings. The zero-order valence-corrected chi connectivity index (χ0v) is 18.2. The highest BCUT2D eigenvalue weighted by atomic mass is 16.5. The number of nitrogens with zero attached hydrogens (tertiary/aromatic N) is 2. The highest BCUT2D eigenvalue weighted by Crippen LogP contribution is 2.20. The van der Waals surface area contributed by atoms with Gasteiger partial charge in [0.15, 0.2) is 0 Å². The normalized spacial score (nSPS) is 14.6. The fourth-order valence-electron chi connectivity index (χ4n) is 3.86. The van der Waals surface area contributed by atoms with Crippen LogP contribution in [0.1, 0.15) is 36.8 Å². The molecule has 0 spiro atoms. The average Bonchev–Trinajstić information content (AvgIpc) is 3.13. The lowest BCUT2D eigenvalue weighted by Gasteiger charge is -2.22. The molecule has 3 aromatic rings. The minimum atomic E-state index is -0.218. The van der Waals surface area contributed by atoms with Crippen molar-refractivity contribution < 1.29 is 9.53 Å². The van der Waals surface area contributed by atoms with Crippen LogP contribution in [0.5, 0.6) is 5.75 Å². The summed E-state index contributed by atoms with van der Waals surface area (Å²) in [4.78, 5) is 27.8. The smallest absolute Gasteiger partial charge is 0.270 e. The molecule has 1 saturated heterocycles. The summed E-state index contributed by atoms with van der Waals surface area (Å²) in [5.74, 6) is 0.646. The molecule has 2 heterocycles. The molecule has 164 valence electrons. The predicted molar refractivity (Wildman–Crippen MR) is 127 cm³/mol. The molecule has 0 bridgehead atoms. The molecular formula is C27H28N2O3. The summed E-state index contributed by atoms with van der Waals surface area (Å²) in [6.45, 7) is 1.95. The van der Waals surface area contributed by atoms with Gasteiger partial charge in [-0.05, 0) is 48.2 Å². The number of rotatable bonds is 6. The molecule has 0 aliphatic carbocycles. The number of carbonyl (C=O) groups is 1. The number of likely N-dealkylation sites (tertiary alicyclic amines) is 1. The minimum Gasteiger partial charge on any atom is -0.489 e. The molecule has 0 radical (unpaired) electrons. The van der Waals surface area contributed by atoms with Gasteiger partial charge in [-0.1, -0.05) is 61.4 Å². The number of ether oxygens (including phenoxy) is 1. The lowest BCUT2D eigenvalue weighted by molar-refractivity contribution is -0.125. The van der Waals surface area contributed by atoms with Gasteiger partial charge in [-0.15, -0.1) is 0 Å². The van der Waals surface area contributed by atoms with Gasteiger partial charge in [-0.3, -0.25) is 14.2 Å². The Morgan fingerprint density at radius 2 is 1.53 bits per heavy atom. The van der Waals surface area contributed by atoms with Crippen molar-refractivity contribution >= 4 is 17.7 Å². The van der Waals surface area contributed by atoms with Crippen LogP contribution in [0.2, 0.25) is 0 Å². The maximum Gasteiger partial charge on any atom is 0.270 e. The number of pyridine rings is 1. The van der Waals surface area contributed by atoms with E-state index >= 15 is 0 Å². The van der Waals surface area contributed by atoms with Crippen LogP contribution < -0.4 is 10.3 Å². The van der Waals surface area contributed by atoms with Crippen molar-refractivity contribution in [2.45, 2.75) is 32.3 Å². The van der Waals surface area contributed by atoms with Crippen molar-refractivity contribution in [3.05, 3.63) is 100 Å². The van der Waals surface area contributed by atoms with Crippen molar-refractivity contribution in [3.8, 4) is 5.75 Å². The Morgan fingerprint density at radius 3 is 2.22 bits per heavy atom. The fourth-order valence-corrected chi connectivity index (χ4v) is 3.86. The zero-order chi connectivity index (χ0) is 22.2. The Morgan fingerprint density at radius 1 is 0.844 bits per heavy atom. The van der Waals surface area contributed by atoms with Crippen LogP contribution in [0.3, 0.4) is 0 Å². The zero-order valence-electron chi connectivity index (χ0n) is 18.2. The number of hydrogen-bond acceptors (Lipinski definition) is 3. The van der Waals surface area contributed by atoms with Gasteiger partial charge in [-0.2, -0.15) is 0 Å². The lowest BCUT2D eigenvalue weighted by Crippen LogP contribution is -2.36. The topological polar surface area (TPSA) is 51.5 Å². The second kappa shape index (κ2) is 10.6. The number of aromatic nitrogens is 1. The molecule has 0 saturated carbocycles. The van der Waals surface area contributed by atoms with Gasteiger partial charge in [0, 0.05) is 25.4 Å². The summed E-state index contributed by atoms with van der Waals surface area (Å²) in [6, 6.07) is 22.5. The summed E-state index contributed by atoms with van der Waals surface area (Å²) in [5, 5.41) is 0. The first-order chi connectivity index (χ1) is 15.7. The number of carbonyl (C=O) groups excluding carboxylic acids is 1. The molecule has 1 aromatic heterocycles. The van der Waals surface area contributed by atoms with E-state index in [0.717, 1.165) is 55.6 Å². The molecule has 0 atom stereocenters. The van der Waals surface area contributed by atoms with Crippen LogP contribution in [0.15, 0.2) is 83.8 Å². The fraction of sp³-hybridized carbons (Fsp3) is 0.259. The van der Waals surface area contributed by atoms with Gasteiger partial charge >= 0.3 is 0 Å². The van der Waals surface area contributed by atoms with E-state index in [4.69, 9.17) is 4.74 Å². The third-order valence-corrected chi connectivity index (χ3v) is 5.63. The van der Waals surface area contributed by atoms with E-state index in [-0.39, 0.29) is 11.5 Å². The van der Waals surface area contributed by atoms with Crippen LogP contribution in [0.4, 0.5) is 0 Å². The summed E-state index contributed by atoms with van der Waals surface area (Å²) in [7, 11) is 0. The van der Waals surface area contributed by atoms with Crippen molar-refractivity contribution in [1.82, 2.24) is 9.47 Å². The van der Waals surface area contributed by atoms with Crippen LogP contribution >= 0.6 is 0 Å². The maximum atomic E-state index is 13.4. The van der Waals surface area contributed by atoms with Gasteiger partial charge in [0.05, 0.1) is 0 Å². The average molecular weight is 429 g/mol. The Labute approximate surface area is 188 Å². The monoisotopic (exact) mass is 428 g/mol. The maximum absolute atomic E-state index is 13.4. The van der Waals surface area contributed by atoms with Gasteiger partial charge in [0.1, 0.15) is 18.1 Å². The largest absolute Gasteiger partial charge is 0.489 e. The van der Waals surface area contributed by atoms with Crippen LogP contribution in [0.25, 0.3) is 11.8 Å². The predicted octanol–water partition coefficient (Wildman–Crippen LogP) is 4.83. The first kappa shape index (κ1) is 21.6. The Bertz CT molecular complexity index is 1110.